The highest BCUT2D eigenvalue weighted by Gasteiger charge is 2.32. The number of rotatable bonds is 10. The zero-order chi connectivity index (χ0) is 23.8. The molecule has 0 aliphatic carbocycles. The highest BCUT2D eigenvalue weighted by atomic mass is 19.1. The highest BCUT2D eigenvalue weighted by Crippen LogP contribution is 2.32. The first-order chi connectivity index (χ1) is 16.0. The van der Waals surface area contributed by atoms with E-state index in [4.69, 9.17) is 14.2 Å². The zero-order valence-electron chi connectivity index (χ0n) is 19.0. The summed E-state index contributed by atoms with van der Waals surface area (Å²) in [4.78, 5) is 25.5. The first kappa shape index (κ1) is 24.1. The molecular formula is C25H27FN2O5. The molecule has 1 heterocycles. The van der Waals surface area contributed by atoms with E-state index in [0.717, 1.165) is 19.3 Å². The molecule has 0 aliphatic heterocycles. The number of aromatic nitrogens is 2. The third kappa shape index (κ3) is 5.46. The fourth-order valence-electron chi connectivity index (χ4n) is 3.49. The van der Waals surface area contributed by atoms with Gasteiger partial charge >= 0.3 is 11.9 Å². The van der Waals surface area contributed by atoms with Crippen LogP contribution in [-0.2, 0) is 20.8 Å². The van der Waals surface area contributed by atoms with Crippen molar-refractivity contribution in [3.8, 4) is 16.9 Å². The Hall–Kier alpha value is -3.52. The summed E-state index contributed by atoms with van der Waals surface area (Å²) in [6.45, 7) is 2.75. The molecule has 8 heteroatoms. The third-order valence-corrected chi connectivity index (χ3v) is 5.13. The Morgan fingerprint density at radius 1 is 1.00 bits per heavy atom. The number of halogens is 1. The second kappa shape index (κ2) is 11.4. The van der Waals surface area contributed by atoms with Crippen LogP contribution in [0.2, 0.25) is 0 Å². The normalized spacial score (nSPS) is 10.8. The van der Waals surface area contributed by atoms with E-state index in [9.17, 15) is 14.0 Å². The number of unbranched alkanes of at least 4 members (excludes halogenated alkanes) is 2. The molecule has 0 fully saturated rings. The van der Waals surface area contributed by atoms with Gasteiger partial charge in [0, 0.05) is 12.2 Å². The van der Waals surface area contributed by atoms with Crippen LogP contribution in [0.1, 0.15) is 52.6 Å². The molecule has 0 bridgehead atoms. The number of hydrogen-bond donors (Lipinski definition) is 0. The third-order valence-electron chi connectivity index (χ3n) is 5.13. The molecule has 3 aromatic rings. The van der Waals surface area contributed by atoms with E-state index in [1.54, 1.807) is 24.3 Å². The number of methoxy groups -OCH3 is 2. The van der Waals surface area contributed by atoms with Crippen LogP contribution in [0.3, 0.4) is 0 Å². The second-order valence-electron chi connectivity index (χ2n) is 7.36. The fraction of sp³-hybridized carbons (Fsp3) is 0.320. The Morgan fingerprint density at radius 3 is 2.39 bits per heavy atom. The molecule has 7 nitrogen and oxygen atoms in total. The minimum absolute atomic E-state index is 0.0629. The summed E-state index contributed by atoms with van der Waals surface area (Å²) in [5.41, 5.74) is 1.56. The van der Waals surface area contributed by atoms with Gasteiger partial charge in [0.1, 0.15) is 17.1 Å². The number of nitrogens with zero attached hydrogens (tertiary/aromatic N) is 2. The van der Waals surface area contributed by atoms with Gasteiger partial charge in [-0.2, -0.15) is 5.10 Å². The summed E-state index contributed by atoms with van der Waals surface area (Å²) >= 11 is 0. The van der Waals surface area contributed by atoms with Crippen molar-refractivity contribution in [1.82, 2.24) is 9.78 Å². The molecule has 0 atom stereocenters. The summed E-state index contributed by atoms with van der Waals surface area (Å²) in [5, 5.41) is 4.57. The van der Waals surface area contributed by atoms with Crippen molar-refractivity contribution in [3.05, 3.63) is 71.2 Å². The molecule has 0 saturated carbocycles. The van der Waals surface area contributed by atoms with Crippen molar-refractivity contribution in [2.75, 3.05) is 20.8 Å². The Morgan fingerprint density at radius 2 is 1.73 bits per heavy atom. The number of esters is 2. The maximum Gasteiger partial charge on any atom is 0.357 e. The van der Waals surface area contributed by atoms with Crippen molar-refractivity contribution in [2.24, 2.45) is 0 Å². The molecule has 0 saturated heterocycles. The molecule has 0 radical (unpaired) electrons. The van der Waals surface area contributed by atoms with Gasteiger partial charge in [-0.3, -0.25) is 0 Å². The van der Waals surface area contributed by atoms with Crippen molar-refractivity contribution < 1.29 is 28.2 Å². The summed E-state index contributed by atoms with van der Waals surface area (Å²) < 4.78 is 31.1. The van der Waals surface area contributed by atoms with Gasteiger partial charge in [-0.25, -0.2) is 18.7 Å². The van der Waals surface area contributed by atoms with E-state index in [1.165, 1.54) is 37.1 Å². The van der Waals surface area contributed by atoms with Gasteiger partial charge < -0.3 is 14.2 Å². The standard InChI is InChI=1S/C25H27FN2O5/c1-4-5-9-14-33-16-17-15-18(26)12-13-20(17)22-21(24(29)31-2)23(25(30)32-3)28(27-22)19-10-7-6-8-11-19/h6-8,10-13,15H,4-5,9,14,16H2,1-3H3. The number of carbonyl (C=O) groups excluding carboxylic acids is 2. The Kier molecular flexibility index (Phi) is 8.32. The Bertz CT molecular complexity index is 1110. The number of carbonyl (C=O) groups is 2. The fourth-order valence-corrected chi connectivity index (χ4v) is 3.49. The molecule has 2 aromatic carbocycles. The molecule has 3 rings (SSSR count). The lowest BCUT2D eigenvalue weighted by Crippen LogP contribution is -2.15. The largest absolute Gasteiger partial charge is 0.465 e. The predicted octanol–water partition coefficient (Wildman–Crippen LogP) is 4.96. The monoisotopic (exact) mass is 454 g/mol. The molecule has 174 valence electrons. The van der Waals surface area contributed by atoms with Crippen LogP contribution in [0.5, 0.6) is 0 Å². The maximum atomic E-state index is 14.1. The predicted molar refractivity (Wildman–Crippen MR) is 121 cm³/mol. The first-order valence-electron chi connectivity index (χ1n) is 10.7. The van der Waals surface area contributed by atoms with Crippen LogP contribution in [0.15, 0.2) is 48.5 Å². The number of para-hydroxylation sites is 1. The van der Waals surface area contributed by atoms with Crippen molar-refractivity contribution in [3.63, 3.8) is 0 Å². The van der Waals surface area contributed by atoms with E-state index in [0.29, 0.717) is 23.4 Å². The minimum atomic E-state index is -0.758. The molecule has 0 N–H and O–H groups in total. The van der Waals surface area contributed by atoms with Gasteiger partial charge in [-0.05, 0) is 42.3 Å². The molecule has 0 unspecified atom stereocenters. The topological polar surface area (TPSA) is 79.7 Å². The molecule has 0 spiro atoms. The minimum Gasteiger partial charge on any atom is -0.465 e. The van der Waals surface area contributed by atoms with E-state index < -0.39 is 17.8 Å². The maximum absolute atomic E-state index is 14.1. The van der Waals surface area contributed by atoms with Crippen molar-refractivity contribution in [1.29, 1.82) is 0 Å². The average molecular weight is 454 g/mol. The Balaban J connectivity index is 2.18. The van der Waals surface area contributed by atoms with Gasteiger partial charge in [0.25, 0.3) is 0 Å². The van der Waals surface area contributed by atoms with Crippen LogP contribution in [0, 0.1) is 5.82 Å². The van der Waals surface area contributed by atoms with Crippen LogP contribution in [0.25, 0.3) is 16.9 Å². The summed E-state index contributed by atoms with van der Waals surface area (Å²) in [6, 6.07) is 13.0. The SMILES string of the molecule is CCCCCOCc1cc(F)ccc1-c1nn(-c2ccccc2)c(C(=O)OC)c1C(=O)OC. The van der Waals surface area contributed by atoms with Crippen LogP contribution < -0.4 is 0 Å². The van der Waals surface area contributed by atoms with E-state index in [1.807, 2.05) is 6.07 Å². The first-order valence-corrected chi connectivity index (χ1v) is 10.7. The van der Waals surface area contributed by atoms with Gasteiger partial charge in [-0.1, -0.05) is 38.0 Å². The smallest absolute Gasteiger partial charge is 0.357 e. The molecule has 1 aromatic heterocycles. The van der Waals surface area contributed by atoms with E-state index >= 15 is 0 Å². The lowest BCUT2D eigenvalue weighted by Gasteiger charge is -2.10. The quantitative estimate of drug-likeness (QED) is 0.318. The zero-order valence-corrected chi connectivity index (χ0v) is 19.0. The summed E-state index contributed by atoms with van der Waals surface area (Å²) in [5.74, 6) is -1.95. The van der Waals surface area contributed by atoms with Gasteiger partial charge in [-0.15, -0.1) is 0 Å². The summed E-state index contributed by atoms with van der Waals surface area (Å²) in [6.07, 6.45) is 2.99. The molecule has 0 amide bonds. The number of ether oxygens (including phenoxy) is 3. The second-order valence-corrected chi connectivity index (χ2v) is 7.36. The van der Waals surface area contributed by atoms with Crippen molar-refractivity contribution >= 4 is 11.9 Å². The number of benzene rings is 2. The lowest BCUT2D eigenvalue weighted by molar-refractivity contribution is 0.0549. The Labute approximate surface area is 192 Å². The highest BCUT2D eigenvalue weighted by molar-refractivity contribution is 6.07. The molecule has 0 aliphatic rings. The van der Waals surface area contributed by atoms with E-state index in [2.05, 4.69) is 12.0 Å². The van der Waals surface area contributed by atoms with Crippen LogP contribution >= 0.6 is 0 Å². The molecular weight excluding hydrogens is 427 g/mol. The van der Waals surface area contributed by atoms with Gasteiger partial charge in [0.05, 0.1) is 26.5 Å². The average Bonchev–Trinajstić information content (AvgIpc) is 3.24. The van der Waals surface area contributed by atoms with E-state index in [-0.39, 0.29) is 23.6 Å². The molecule has 33 heavy (non-hydrogen) atoms. The van der Waals surface area contributed by atoms with Crippen LogP contribution in [0.4, 0.5) is 4.39 Å². The summed E-state index contributed by atoms with van der Waals surface area (Å²) in [7, 11) is 2.44. The number of hydrogen-bond acceptors (Lipinski definition) is 6. The van der Waals surface area contributed by atoms with Gasteiger partial charge in [0.2, 0.25) is 0 Å². The lowest BCUT2D eigenvalue weighted by atomic mass is 10.0. The van der Waals surface area contributed by atoms with Crippen molar-refractivity contribution in [2.45, 2.75) is 32.8 Å². The van der Waals surface area contributed by atoms with Gasteiger partial charge in [0.15, 0.2) is 5.69 Å². The van der Waals surface area contributed by atoms with Crippen LogP contribution in [-0.4, -0.2) is 42.5 Å².